The first-order valence-corrected chi connectivity index (χ1v) is 11.1. The predicted octanol–water partition coefficient (Wildman–Crippen LogP) is 3.58. The van der Waals surface area contributed by atoms with Gasteiger partial charge in [-0.2, -0.15) is 0 Å². The van der Waals surface area contributed by atoms with Gasteiger partial charge in [0.25, 0.3) is 0 Å². The Kier molecular flexibility index (Phi) is 5.84. The minimum atomic E-state index is -0.977. The Hall–Kier alpha value is -2.73. The van der Waals surface area contributed by atoms with Gasteiger partial charge in [-0.3, -0.25) is 14.5 Å². The third-order valence-electron chi connectivity index (χ3n) is 7.09. The van der Waals surface area contributed by atoms with Gasteiger partial charge in [0.05, 0.1) is 5.92 Å². The van der Waals surface area contributed by atoms with Crippen molar-refractivity contribution in [2.24, 2.45) is 11.7 Å². The summed E-state index contributed by atoms with van der Waals surface area (Å²) in [6, 6.07) is 12.9. The summed E-state index contributed by atoms with van der Waals surface area (Å²) in [5.74, 6) is -1.05. The van der Waals surface area contributed by atoms with E-state index in [1.54, 1.807) is 0 Å². The molecule has 0 spiro atoms. The molecular formula is C25H30FN3O2. The van der Waals surface area contributed by atoms with Crippen LogP contribution in [0.25, 0.3) is 0 Å². The number of primary amides is 1. The summed E-state index contributed by atoms with van der Waals surface area (Å²) < 4.78 is 14.6. The van der Waals surface area contributed by atoms with Crippen molar-refractivity contribution in [3.63, 3.8) is 0 Å². The van der Waals surface area contributed by atoms with Crippen LogP contribution in [0.3, 0.4) is 0 Å². The fraction of sp³-hybridized carbons (Fsp3) is 0.440. The van der Waals surface area contributed by atoms with E-state index in [1.165, 1.54) is 12.1 Å². The average Bonchev–Trinajstić information content (AvgIpc) is 2.77. The summed E-state index contributed by atoms with van der Waals surface area (Å²) in [6.45, 7) is 5.54. The molecule has 31 heavy (non-hydrogen) atoms. The number of nitrogens with one attached hydrogen (secondary N) is 1. The number of halogens is 1. The molecule has 3 atom stereocenters. The maximum Gasteiger partial charge on any atom is 0.222 e. The lowest BCUT2D eigenvalue weighted by Crippen LogP contribution is -2.58. The van der Waals surface area contributed by atoms with Crippen LogP contribution in [0, 0.1) is 11.7 Å². The Labute approximate surface area is 182 Å². The van der Waals surface area contributed by atoms with E-state index < -0.39 is 11.5 Å². The van der Waals surface area contributed by atoms with Gasteiger partial charge in [-0.15, -0.1) is 0 Å². The highest BCUT2D eigenvalue weighted by molar-refractivity contribution is 5.92. The van der Waals surface area contributed by atoms with Crippen molar-refractivity contribution >= 4 is 17.4 Å². The molecule has 0 radical (unpaired) electrons. The van der Waals surface area contributed by atoms with Gasteiger partial charge in [0.15, 0.2) is 5.78 Å². The van der Waals surface area contributed by atoms with Crippen LogP contribution in [-0.2, 0) is 21.5 Å². The van der Waals surface area contributed by atoms with Gasteiger partial charge in [0, 0.05) is 31.7 Å². The number of ketones is 1. The zero-order chi connectivity index (χ0) is 22.2. The highest BCUT2D eigenvalue weighted by Crippen LogP contribution is 2.44. The van der Waals surface area contributed by atoms with E-state index in [9.17, 15) is 14.0 Å². The Balaban J connectivity index is 1.73. The van der Waals surface area contributed by atoms with Gasteiger partial charge in [0.2, 0.25) is 5.91 Å². The van der Waals surface area contributed by atoms with Crippen molar-refractivity contribution in [3.8, 4) is 0 Å². The third-order valence-corrected chi connectivity index (χ3v) is 7.09. The summed E-state index contributed by atoms with van der Waals surface area (Å²) in [4.78, 5) is 27.8. The molecule has 5 nitrogen and oxygen atoms in total. The summed E-state index contributed by atoms with van der Waals surface area (Å²) in [6.07, 6.45) is 1.70. The number of Topliss-reactive ketones (excluding diaryl/α,β-unsaturated/α-hetero) is 1. The molecule has 1 fully saturated rings. The molecule has 4 rings (SSSR count). The second-order valence-electron chi connectivity index (χ2n) is 8.77. The van der Waals surface area contributed by atoms with E-state index in [2.05, 4.69) is 10.2 Å². The van der Waals surface area contributed by atoms with Gasteiger partial charge in [-0.05, 0) is 61.4 Å². The van der Waals surface area contributed by atoms with Crippen molar-refractivity contribution in [2.75, 3.05) is 25.0 Å². The molecular weight excluding hydrogens is 393 g/mol. The highest BCUT2D eigenvalue weighted by Gasteiger charge is 2.48. The molecule has 2 aliphatic rings. The largest absolute Gasteiger partial charge is 0.385 e. The summed E-state index contributed by atoms with van der Waals surface area (Å²) >= 11 is 0. The number of carbonyl (C=O) groups is 2. The number of hydrogen-bond donors (Lipinski definition) is 2. The maximum atomic E-state index is 14.6. The van der Waals surface area contributed by atoms with Gasteiger partial charge < -0.3 is 11.1 Å². The molecule has 1 heterocycles. The van der Waals surface area contributed by atoms with Crippen LogP contribution in [0.4, 0.5) is 10.1 Å². The van der Waals surface area contributed by atoms with Crippen molar-refractivity contribution in [1.29, 1.82) is 0 Å². The Morgan fingerprint density at radius 2 is 2.00 bits per heavy atom. The van der Waals surface area contributed by atoms with E-state index in [4.69, 9.17) is 5.73 Å². The van der Waals surface area contributed by atoms with Crippen LogP contribution < -0.4 is 11.1 Å². The fourth-order valence-corrected chi connectivity index (χ4v) is 5.41. The smallest absolute Gasteiger partial charge is 0.222 e. The first-order valence-electron chi connectivity index (χ1n) is 11.1. The van der Waals surface area contributed by atoms with E-state index in [1.807, 2.05) is 44.2 Å². The Morgan fingerprint density at radius 1 is 1.26 bits per heavy atom. The zero-order valence-corrected chi connectivity index (χ0v) is 18.2. The Bertz CT molecular complexity index is 994. The monoisotopic (exact) mass is 423 g/mol. The molecule has 2 aromatic rings. The van der Waals surface area contributed by atoms with Crippen LogP contribution in [0.15, 0.2) is 42.5 Å². The molecule has 0 bridgehead atoms. The summed E-state index contributed by atoms with van der Waals surface area (Å²) in [7, 11) is 0. The first-order chi connectivity index (χ1) is 14.9. The van der Waals surface area contributed by atoms with Gasteiger partial charge in [-0.1, -0.05) is 30.3 Å². The van der Waals surface area contributed by atoms with Crippen LogP contribution in [-0.4, -0.2) is 36.2 Å². The number of nitrogens with two attached hydrogens (primary N) is 1. The number of fused-ring (bicyclic) bond motifs is 1. The van der Waals surface area contributed by atoms with Crippen molar-refractivity contribution in [1.82, 2.24) is 4.90 Å². The standard InChI is InChI=1S/C25H30FN3O2/c1-3-28-22-14-17(26)13-21-19(22)9-10-23(30)25(21,2)29-12-11-18(20(15-29)24(27)31)16-7-5-4-6-8-16/h4-8,13-14,18,20,28H,3,9-12,15H2,1-2H3,(H2,27,31)/t18-,20-,25-/m1/s1. The van der Waals surface area contributed by atoms with E-state index >= 15 is 0 Å². The molecule has 2 aromatic carbocycles. The van der Waals surface area contributed by atoms with Crippen LogP contribution in [0.1, 0.15) is 49.3 Å². The molecule has 0 saturated carbocycles. The lowest BCUT2D eigenvalue weighted by Gasteiger charge is -2.49. The van der Waals surface area contributed by atoms with Crippen LogP contribution in [0.2, 0.25) is 0 Å². The van der Waals surface area contributed by atoms with Gasteiger partial charge in [0.1, 0.15) is 11.4 Å². The average molecular weight is 424 g/mol. The number of piperidine rings is 1. The summed E-state index contributed by atoms with van der Waals surface area (Å²) in [5.41, 5.74) is 8.39. The molecule has 6 heteroatoms. The fourth-order valence-electron chi connectivity index (χ4n) is 5.41. The first kappa shape index (κ1) is 21.5. The number of hydrogen-bond acceptors (Lipinski definition) is 4. The normalized spacial score (nSPS) is 26.4. The van der Waals surface area contributed by atoms with Crippen molar-refractivity contribution < 1.29 is 14.0 Å². The van der Waals surface area contributed by atoms with Gasteiger partial charge in [-0.25, -0.2) is 4.39 Å². The van der Waals surface area contributed by atoms with Gasteiger partial charge >= 0.3 is 0 Å². The van der Waals surface area contributed by atoms with E-state index in [0.717, 1.165) is 16.8 Å². The number of nitrogens with zero attached hydrogens (tertiary/aromatic N) is 1. The van der Waals surface area contributed by atoms with E-state index in [0.29, 0.717) is 44.5 Å². The second kappa shape index (κ2) is 8.42. The molecule has 1 saturated heterocycles. The van der Waals surface area contributed by atoms with Crippen molar-refractivity contribution in [2.45, 2.75) is 44.6 Å². The minimum absolute atomic E-state index is 0.0153. The Morgan fingerprint density at radius 3 is 2.68 bits per heavy atom. The highest BCUT2D eigenvalue weighted by atomic mass is 19.1. The number of benzene rings is 2. The maximum absolute atomic E-state index is 14.6. The number of likely N-dealkylation sites (tertiary alicyclic amines) is 1. The van der Waals surface area contributed by atoms with Crippen LogP contribution in [0.5, 0.6) is 0 Å². The number of rotatable bonds is 5. The zero-order valence-electron chi connectivity index (χ0n) is 18.2. The molecule has 0 unspecified atom stereocenters. The number of carbonyl (C=O) groups excluding carboxylic acids is 2. The molecule has 0 aromatic heterocycles. The molecule has 1 aliphatic heterocycles. The lowest BCUT2D eigenvalue weighted by molar-refractivity contribution is -0.137. The molecule has 3 N–H and O–H groups in total. The molecule has 1 aliphatic carbocycles. The molecule has 164 valence electrons. The summed E-state index contributed by atoms with van der Waals surface area (Å²) in [5, 5.41) is 3.24. The predicted molar refractivity (Wildman–Crippen MR) is 119 cm³/mol. The second-order valence-corrected chi connectivity index (χ2v) is 8.77. The molecule has 1 amide bonds. The van der Waals surface area contributed by atoms with Crippen molar-refractivity contribution in [3.05, 3.63) is 65.0 Å². The quantitative estimate of drug-likeness (QED) is 0.771. The minimum Gasteiger partial charge on any atom is -0.385 e. The number of amides is 1. The topological polar surface area (TPSA) is 75.4 Å². The lowest BCUT2D eigenvalue weighted by atomic mass is 9.72. The third kappa shape index (κ3) is 3.74. The number of anilines is 1. The SMILES string of the molecule is CCNc1cc(F)cc2c1CCC(=O)[C@]2(C)N1CC[C@H](c2ccccc2)[C@H](C(N)=O)C1. The van der Waals surface area contributed by atoms with E-state index in [-0.39, 0.29) is 23.4 Å². The van der Waals surface area contributed by atoms with Crippen LogP contribution >= 0.6 is 0 Å².